The Bertz CT molecular complexity index is 1620. The lowest BCUT2D eigenvalue weighted by Crippen LogP contribution is -2.32. The first-order valence-corrected chi connectivity index (χ1v) is 12.0. The summed E-state index contributed by atoms with van der Waals surface area (Å²) in [5.74, 6) is 3.10. The average Bonchev–Trinajstić information content (AvgIpc) is 2.94. The van der Waals surface area contributed by atoms with Crippen molar-refractivity contribution < 1.29 is 18.6 Å². The predicted molar refractivity (Wildman–Crippen MR) is 144 cm³/mol. The van der Waals surface area contributed by atoms with Crippen molar-refractivity contribution in [3.05, 3.63) is 113 Å². The summed E-state index contributed by atoms with van der Waals surface area (Å²) >= 11 is 0. The zero-order valence-electron chi connectivity index (χ0n) is 20.6. The van der Waals surface area contributed by atoms with Crippen LogP contribution in [0.15, 0.2) is 100 Å². The number of nitrogens with zero attached hydrogens (tertiary/aromatic N) is 1. The van der Waals surface area contributed by atoms with Gasteiger partial charge in [0, 0.05) is 34.8 Å². The lowest BCUT2D eigenvalue weighted by molar-refractivity contribution is 0.287. The number of fused-ring (bicyclic) bond motifs is 2. The van der Waals surface area contributed by atoms with E-state index in [0.717, 1.165) is 56.3 Å². The van der Waals surface area contributed by atoms with Gasteiger partial charge >= 0.3 is 5.63 Å². The molecule has 0 unspecified atom stereocenters. The molecule has 4 aromatic carbocycles. The first kappa shape index (κ1) is 22.7. The maximum atomic E-state index is 12.5. The molecular weight excluding hydrogens is 466 g/mol. The summed E-state index contributed by atoms with van der Waals surface area (Å²) in [6.45, 7) is 2.99. The fourth-order valence-corrected chi connectivity index (χ4v) is 4.75. The van der Waals surface area contributed by atoms with E-state index >= 15 is 0 Å². The number of hydrogen-bond donors (Lipinski definition) is 0. The summed E-state index contributed by atoms with van der Waals surface area (Å²) in [6, 6.07) is 29.0. The molecule has 37 heavy (non-hydrogen) atoms. The summed E-state index contributed by atoms with van der Waals surface area (Å²) in [5, 5.41) is 0.873. The summed E-state index contributed by atoms with van der Waals surface area (Å²) in [6.07, 6.45) is 0. The number of para-hydroxylation sites is 1. The molecule has 0 N–H and O–H groups in total. The topological polar surface area (TPSA) is 61.1 Å². The van der Waals surface area contributed by atoms with Crippen molar-refractivity contribution in [3.63, 3.8) is 0 Å². The fourth-order valence-electron chi connectivity index (χ4n) is 4.75. The molecule has 1 aliphatic heterocycles. The van der Waals surface area contributed by atoms with Gasteiger partial charge in [-0.2, -0.15) is 0 Å². The minimum Gasteiger partial charge on any atom is -0.497 e. The smallest absolute Gasteiger partial charge is 0.336 e. The van der Waals surface area contributed by atoms with E-state index in [1.165, 1.54) is 0 Å². The highest BCUT2D eigenvalue weighted by Crippen LogP contribution is 2.39. The van der Waals surface area contributed by atoms with Gasteiger partial charge in [-0.15, -0.1) is 0 Å². The second-order valence-corrected chi connectivity index (χ2v) is 8.95. The van der Waals surface area contributed by atoms with Crippen LogP contribution >= 0.6 is 0 Å². The predicted octanol–water partition coefficient (Wildman–Crippen LogP) is 6.93. The Hall–Kier alpha value is -4.71. The Balaban J connectivity index is 1.33. The Morgan fingerprint density at radius 1 is 0.838 bits per heavy atom. The Morgan fingerprint density at radius 2 is 1.54 bits per heavy atom. The van der Waals surface area contributed by atoms with Crippen molar-refractivity contribution in [2.75, 3.05) is 18.7 Å². The third-order valence-electron chi connectivity index (χ3n) is 6.60. The molecular formula is C31H25NO5. The van der Waals surface area contributed by atoms with Crippen LogP contribution in [0.1, 0.15) is 11.1 Å². The van der Waals surface area contributed by atoms with E-state index in [0.29, 0.717) is 18.9 Å². The van der Waals surface area contributed by atoms with Gasteiger partial charge in [0.25, 0.3) is 0 Å². The molecule has 184 valence electrons. The van der Waals surface area contributed by atoms with Gasteiger partial charge in [-0.25, -0.2) is 4.79 Å². The van der Waals surface area contributed by atoms with Crippen molar-refractivity contribution in [1.82, 2.24) is 0 Å². The van der Waals surface area contributed by atoms with Crippen molar-refractivity contribution in [3.8, 4) is 34.1 Å². The van der Waals surface area contributed by atoms with Crippen LogP contribution in [0, 0.1) is 6.92 Å². The van der Waals surface area contributed by atoms with Gasteiger partial charge in [0.05, 0.1) is 7.11 Å². The quantitative estimate of drug-likeness (QED) is 0.249. The molecule has 1 aromatic heterocycles. The minimum atomic E-state index is -0.392. The number of benzene rings is 4. The van der Waals surface area contributed by atoms with Gasteiger partial charge in [0.1, 0.15) is 28.6 Å². The normalized spacial score (nSPS) is 12.6. The lowest BCUT2D eigenvalue weighted by Gasteiger charge is -2.32. The lowest BCUT2D eigenvalue weighted by atomic mass is 9.96. The van der Waals surface area contributed by atoms with E-state index in [4.69, 9.17) is 18.6 Å². The molecule has 5 aromatic rings. The number of hydrogen-bond acceptors (Lipinski definition) is 6. The Morgan fingerprint density at radius 3 is 2.27 bits per heavy atom. The van der Waals surface area contributed by atoms with E-state index in [1.54, 1.807) is 13.2 Å². The Labute approximate surface area is 214 Å². The van der Waals surface area contributed by atoms with Crippen LogP contribution in [0.3, 0.4) is 0 Å². The van der Waals surface area contributed by atoms with E-state index in [1.807, 2.05) is 85.8 Å². The SMILES string of the molecule is COc1ccc(-c2cc(=O)oc3c(C)c4c(cc23)CN(c2ccc(Oc3ccccc3)cc2)CO4)cc1. The fraction of sp³-hybridized carbons (Fsp3) is 0.129. The van der Waals surface area contributed by atoms with Crippen LogP contribution in [0.4, 0.5) is 5.69 Å². The third-order valence-corrected chi connectivity index (χ3v) is 6.60. The molecule has 0 bridgehead atoms. The molecule has 0 saturated heterocycles. The van der Waals surface area contributed by atoms with Gasteiger partial charge in [-0.1, -0.05) is 30.3 Å². The van der Waals surface area contributed by atoms with Crippen molar-refractivity contribution in [2.24, 2.45) is 0 Å². The molecule has 0 atom stereocenters. The molecule has 0 spiro atoms. The van der Waals surface area contributed by atoms with Crippen molar-refractivity contribution >= 4 is 16.7 Å². The monoisotopic (exact) mass is 491 g/mol. The van der Waals surface area contributed by atoms with Crippen molar-refractivity contribution in [2.45, 2.75) is 13.5 Å². The highest BCUT2D eigenvalue weighted by molar-refractivity contribution is 5.96. The standard InChI is InChI=1S/C31H25NO5/c1-20-30-22(16-28-27(17-29(33)37-31(20)28)21-8-12-24(34-2)13-9-21)18-32(19-35-30)23-10-14-26(15-11-23)36-25-6-4-3-5-7-25/h3-17H,18-19H2,1-2H3. The van der Waals surface area contributed by atoms with E-state index in [-0.39, 0.29) is 0 Å². The van der Waals surface area contributed by atoms with Gasteiger partial charge < -0.3 is 23.5 Å². The van der Waals surface area contributed by atoms with E-state index < -0.39 is 5.63 Å². The van der Waals surface area contributed by atoms with Crippen LogP contribution in [0.5, 0.6) is 23.0 Å². The first-order chi connectivity index (χ1) is 18.1. The van der Waals surface area contributed by atoms with E-state index in [2.05, 4.69) is 11.0 Å². The van der Waals surface area contributed by atoms with Gasteiger partial charge in [0.2, 0.25) is 0 Å². The van der Waals surface area contributed by atoms with Crippen LogP contribution in [-0.4, -0.2) is 13.8 Å². The number of methoxy groups -OCH3 is 1. The molecule has 2 heterocycles. The molecule has 6 rings (SSSR count). The molecule has 0 radical (unpaired) electrons. The van der Waals surface area contributed by atoms with Crippen molar-refractivity contribution in [1.29, 1.82) is 0 Å². The van der Waals surface area contributed by atoms with Crippen LogP contribution < -0.4 is 24.7 Å². The van der Waals surface area contributed by atoms with Gasteiger partial charge in [-0.3, -0.25) is 0 Å². The highest BCUT2D eigenvalue weighted by atomic mass is 16.5. The minimum absolute atomic E-state index is 0.390. The molecule has 6 heteroatoms. The average molecular weight is 492 g/mol. The number of anilines is 1. The molecule has 1 aliphatic rings. The summed E-state index contributed by atoms with van der Waals surface area (Å²) in [4.78, 5) is 14.6. The second-order valence-electron chi connectivity index (χ2n) is 8.95. The maximum absolute atomic E-state index is 12.5. The summed E-state index contributed by atoms with van der Waals surface area (Å²) in [5.41, 5.74) is 4.78. The van der Waals surface area contributed by atoms with E-state index in [9.17, 15) is 4.79 Å². The zero-order chi connectivity index (χ0) is 25.4. The van der Waals surface area contributed by atoms with Crippen LogP contribution in [0.25, 0.3) is 22.1 Å². The summed E-state index contributed by atoms with van der Waals surface area (Å²) < 4.78 is 23.1. The molecule has 6 nitrogen and oxygen atoms in total. The van der Waals surface area contributed by atoms with Crippen LogP contribution in [0.2, 0.25) is 0 Å². The summed E-state index contributed by atoms with van der Waals surface area (Å²) in [7, 11) is 1.63. The zero-order valence-corrected chi connectivity index (χ0v) is 20.6. The highest BCUT2D eigenvalue weighted by Gasteiger charge is 2.24. The molecule has 0 amide bonds. The largest absolute Gasteiger partial charge is 0.497 e. The number of rotatable bonds is 5. The number of ether oxygens (including phenoxy) is 3. The maximum Gasteiger partial charge on any atom is 0.336 e. The molecule has 0 saturated carbocycles. The third kappa shape index (κ3) is 4.38. The molecule has 0 fully saturated rings. The van der Waals surface area contributed by atoms with Gasteiger partial charge in [-0.05, 0) is 72.6 Å². The van der Waals surface area contributed by atoms with Gasteiger partial charge in [0.15, 0.2) is 6.73 Å². The second kappa shape index (κ2) is 9.39. The first-order valence-electron chi connectivity index (χ1n) is 12.0. The molecule has 0 aliphatic carbocycles. The van der Waals surface area contributed by atoms with Crippen LogP contribution in [-0.2, 0) is 6.54 Å². The number of aryl methyl sites for hydroxylation is 1. The Kier molecular flexibility index (Phi) is 5.77.